The molecule has 0 aliphatic carbocycles. The molecule has 0 atom stereocenters. The third-order valence-electron chi connectivity index (χ3n) is 0.505. The zero-order valence-corrected chi connectivity index (χ0v) is 6.43. The Labute approximate surface area is 62.3 Å². The molecule has 0 heterocycles. The molecule has 0 unspecified atom stereocenters. The van der Waals surface area contributed by atoms with Gasteiger partial charge in [0.05, 0.1) is 6.20 Å². The molecule has 0 aliphatic rings. The highest BCUT2D eigenvalue weighted by atomic mass is 79.9. The van der Waals surface area contributed by atoms with Crippen LogP contribution in [0.25, 0.3) is 0 Å². The summed E-state index contributed by atoms with van der Waals surface area (Å²) >= 11 is 3.08. The predicted molar refractivity (Wildman–Crippen MR) is 43.0 cm³/mol. The first-order valence-corrected chi connectivity index (χ1v) is 3.03. The molecule has 0 aromatic rings. The van der Waals surface area contributed by atoms with Gasteiger partial charge in [0.2, 0.25) is 0 Å². The number of halogens is 1. The van der Waals surface area contributed by atoms with Crippen molar-refractivity contribution in [2.24, 2.45) is 16.5 Å². The molecular weight excluding hydrogens is 182 g/mol. The zero-order chi connectivity index (χ0) is 7.28. The molecule has 4 N–H and O–H groups in total. The lowest BCUT2D eigenvalue weighted by Gasteiger charge is -1.85. The van der Waals surface area contributed by atoms with Crippen LogP contribution in [-0.4, -0.2) is 4.62 Å². The summed E-state index contributed by atoms with van der Waals surface area (Å²) in [4.78, 5) is 3.75. The van der Waals surface area contributed by atoms with Crippen LogP contribution in [-0.2, 0) is 0 Å². The molecule has 0 amide bonds. The quantitative estimate of drug-likeness (QED) is 0.629. The Bertz CT molecular complexity index is 156. The van der Waals surface area contributed by atoms with Crippen LogP contribution in [0.4, 0.5) is 0 Å². The molecule has 0 fully saturated rings. The molecular formula is C5H8BrN3. The van der Waals surface area contributed by atoms with Gasteiger partial charge in [-0.1, -0.05) is 6.58 Å². The topological polar surface area (TPSA) is 64.4 Å². The van der Waals surface area contributed by atoms with Gasteiger partial charge in [0, 0.05) is 0 Å². The maximum Gasteiger partial charge on any atom is 0.112 e. The first-order valence-electron chi connectivity index (χ1n) is 2.23. The van der Waals surface area contributed by atoms with Gasteiger partial charge in [0.25, 0.3) is 0 Å². The van der Waals surface area contributed by atoms with Gasteiger partial charge in [0.15, 0.2) is 0 Å². The van der Waals surface area contributed by atoms with Gasteiger partial charge in [-0.2, -0.15) is 0 Å². The predicted octanol–water partition coefficient (Wildman–Crippen LogP) is 0.682. The van der Waals surface area contributed by atoms with E-state index in [-0.39, 0.29) is 5.82 Å². The third kappa shape index (κ3) is 5.10. The van der Waals surface area contributed by atoms with Crippen molar-refractivity contribution >= 4 is 20.6 Å². The smallest absolute Gasteiger partial charge is 0.112 e. The fourth-order valence-electron chi connectivity index (χ4n) is 0.189. The van der Waals surface area contributed by atoms with Gasteiger partial charge < -0.3 is 11.5 Å². The summed E-state index contributed by atoms with van der Waals surface area (Å²) in [7, 11) is 0. The Morgan fingerprint density at radius 3 is 2.44 bits per heavy atom. The summed E-state index contributed by atoms with van der Waals surface area (Å²) < 4.78 is 0.607. The molecule has 4 heteroatoms. The second-order valence-electron chi connectivity index (χ2n) is 1.29. The number of allylic oxidation sites excluding steroid dienone is 1. The maximum atomic E-state index is 5.07. The number of hydrogen-bond donors (Lipinski definition) is 2. The number of aliphatic imine (C=N–C) groups is 1. The standard InChI is InChI=1S/C5H8BrN3/c1-2-4(6)9-3-5(7)8/h2-3H,1,7-8H2. The Morgan fingerprint density at radius 1 is 1.56 bits per heavy atom. The van der Waals surface area contributed by atoms with Crippen LogP contribution in [0.3, 0.4) is 0 Å². The second-order valence-corrected chi connectivity index (χ2v) is 2.10. The Balaban J connectivity index is 3.98. The first-order chi connectivity index (χ1) is 4.16. The van der Waals surface area contributed by atoms with E-state index in [1.54, 1.807) is 6.08 Å². The van der Waals surface area contributed by atoms with E-state index in [2.05, 4.69) is 27.5 Å². The van der Waals surface area contributed by atoms with E-state index in [1.165, 1.54) is 6.20 Å². The number of rotatable bonds is 2. The van der Waals surface area contributed by atoms with E-state index in [1.807, 2.05) is 0 Å². The van der Waals surface area contributed by atoms with Gasteiger partial charge >= 0.3 is 0 Å². The summed E-state index contributed by atoms with van der Waals surface area (Å²) in [6.45, 7) is 3.45. The molecule has 0 bridgehead atoms. The zero-order valence-electron chi connectivity index (χ0n) is 4.84. The summed E-state index contributed by atoms with van der Waals surface area (Å²) in [6, 6.07) is 0. The van der Waals surface area contributed by atoms with Crippen LogP contribution in [0.2, 0.25) is 0 Å². The monoisotopic (exact) mass is 189 g/mol. The molecule has 0 aromatic heterocycles. The molecule has 0 radical (unpaired) electrons. The van der Waals surface area contributed by atoms with Crippen LogP contribution < -0.4 is 11.5 Å². The van der Waals surface area contributed by atoms with Crippen molar-refractivity contribution in [2.45, 2.75) is 0 Å². The van der Waals surface area contributed by atoms with Gasteiger partial charge in [-0.25, -0.2) is 4.99 Å². The summed E-state index contributed by atoms with van der Waals surface area (Å²) in [5.74, 6) is 0.175. The Hall–Kier alpha value is -0.770. The number of nitrogens with zero attached hydrogens (tertiary/aromatic N) is 1. The SMILES string of the molecule is C=CC(Br)=NC=C(N)N. The van der Waals surface area contributed by atoms with Gasteiger partial charge in [0.1, 0.15) is 10.4 Å². The van der Waals surface area contributed by atoms with Crippen LogP contribution in [0.5, 0.6) is 0 Å². The molecule has 0 saturated heterocycles. The molecule has 0 spiro atoms. The second kappa shape index (κ2) is 4.14. The highest BCUT2D eigenvalue weighted by molar-refractivity contribution is 9.18. The minimum atomic E-state index is 0.175. The normalized spacial score (nSPS) is 10.6. The average Bonchev–Trinajstić information content (AvgIpc) is 1.83. The van der Waals surface area contributed by atoms with E-state index < -0.39 is 0 Å². The van der Waals surface area contributed by atoms with Crippen molar-refractivity contribution in [3.05, 3.63) is 24.7 Å². The minimum Gasteiger partial charge on any atom is -0.384 e. The Kier molecular flexibility index (Phi) is 3.79. The number of nitrogens with two attached hydrogens (primary N) is 2. The lowest BCUT2D eigenvalue weighted by atomic mass is 10.7. The molecule has 0 aromatic carbocycles. The van der Waals surface area contributed by atoms with E-state index >= 15 is 0 Å². The van der Waals surface area contributed by atoms with Crippen LogP contribution >= 0.6 is 15.9 Å². The lowest BCUT2D eigenvalue weighted by Crippen LogP contribution is -2.06. The van der Waals surface area contributed by atoms with Crippen molar-refractivity contribution in [3.8, 4) is 0 Å². The van der Waals surface area contributed by atoms with E-state index in [9.17, 15) is 0 Å². The minimum absolute atomic E-state index is 0.175. The van der Waals surface area contributed by atoms with E-state index in [0.29, 0.717) is 4.62 Å². The fourth-order valence-corrected chi connectivity index (χ4v) is 0.291. The summed E-state index contributed by atoms with van der Waals surface area (Å²) in [5.41, 5.74) is 10.1. The van der Waals surface area contributed by atoms with Crippen molar-refractivity contribution in [2.75, 3.05) is 0 Å². The summed E-state index contributed by atoms with van der Waals surface area (Å²) in [6.07, 6.45) is 2.88. The molecule has 3 nitrogen and oxygen atoms in total. The highest BCUT2D eigenvalue weighted by Gasteiger charge is 1.78. The number of hydrogen-bond acceptors (Lipinski definition) is 3. The fraction of sp³-hybridized carbons (Fsp3) is 0. The van der Waals surface area contributed by atoms with Gasteiger partial charge in [-0.15, -0.1) is 0 Å². The van der Waals surface area contributed by atoms with Crippen LogP contribution in [0.1, 0.15) is 0 Å². The largest absolute Gasteiger partial charge is 0.384 e. The van der Waals surface area contributed by atoms with Crippen LogP contribution in [0.15, 0.2) is 29.7 Å². The molecule has 0 rings (SSSR count). The van der Waals surface area contributed by atoms with E-state index in [4.69, 9.17) is 11.5 Å². The molecule has 0 aliphatic heterocycles. The lowest BCUT2D eigenvalue weighted by molar-refractivity contribution is 1.22. The molecule has 50 valence electrons. The van der Waals surface area contributed by atoms with Crippen molar-refractivity contribution in [3.63, 3.8) is 0 Å². The van der Waals surface area contributed by atoms with Gasteiger partial charge in [-0.3, -0.25) is 0 Å². The Morgan fingerprint density at radius 2 is 2.11 bits per heavy atom. The first kappa shape index (κ1) is 8.23. The summed E-state index contributed by atoms with van der Waals surface area (Å²) in [5, 5.41) is 0. The van der Waals surface area contributed by atoms with E-state index in [0.717, 1.165) is 0 Å². The van der Waals surface area contributed by atoms with Crippen molar-refractivity contribution in [1.82, 2.24) is 0 Å². The average molecular weight is 190 g/mol. The highest BCUT2D eigenvalue weighted by Crippen LogP contribution is 1.90. The van der Waals surface area contributed by atoms with Crippen molar-refractivity contribution in [1.29, 1.82) is 0 Å². The molecule has 9 heavy (non-hydrogen) atoms. The van der Waals surface area contributed by atoms with Gasteiger partial charge in [-0.05, 0) is 22.0 Å². The third-order valence-corrected chi connectivity index (χ3v) is 1.03. The molecule has 0 saturated carbocycles. The maximum absolute atomic E-state index is 5.07. The van der Waals surface area contributed by atoms with Crippen LogP contribution in [0, 0.1) is 0 Å². The van der Waals surface area contributed by atoms with Crippen molar-refractivity contribution < 1.29 is 0 Å².